The molecule has 0 bridgehead atoms. The van der Waals surface area contributed by atoms with E-state index in [1.54, 1.807) is 83.9 Å². The highest BCUT2D eigenvalue weighted by atomic mass is 16.5. The molecule has 0 aliphatic heterocycles. The minimum atomic E-state index is -2.17. The molecule has 0 spiro atoms. The van der Waals surface area contributed by atoms with Crippen molar-refractivity contribution in [3.8, 4) is 11.5 Å². The summed E-state index contributed by atoms with van der Waals surface area (Å²) >= 11 is 0. The Hall–Kier alpha value is -3.23. The Balaban J connectivity index is 0. The molecular weight excluding hydrogens is 566 g/mol. The topological polar surface area (TPSA) is 224 Å². The summed E-state index contributed by atoms with van der Waals surface area (Å²) in [7, 11) is -4.33. The SMILES string of the molecule is CC(C)(O)C(C)(C=C=O)Oc1ccccc1.CCOC(=O)c1ccc(OC(C)(C)C(C)(C)O)cc1.OB(O)O.OB(O)O. The predicted octanol–water partition coefficient (Wildman–Crippen LogP) is 0.671. The quantitative estimate of drug-likeness (QED) is 0.111. The smallest absolute Gasteiger partial charge is 0.485 e. The van der Waals surface area contributed by atoms with Crippen LogP contribution in [0.1, 0.15) is 65.7 Å². The summed E-state index contributed by atoms with van der Waals surface area (Å²) in [6, 6.07) is 15.7. The van der Waals surface area contributed by atoms with E-state index < -0.39 is 37.0 Å². The van der Waals surface area contributed by atoms with Crippen LogP contribution in [-0.4, -0.2) is 95.9 Å². The number of esters is 1. The Bertz CT molecular complexity index is 1080. The molecule has 0 fully saturated rings. The summed E-state index contributed by atoms with van der Waals surface area (Å²) in [6.45, 7) is 13.9. The zero-order valence-corrected chi connectivity index (χ0v) is 25.8. The monoisotopic (exact) mass is 610 g/mol. The molecule has 15 heteroatoms. The van der Waals surface area contributed by atoms with Gasteiger partial charge in [0, 0.05) is 6.08 Å². The minimum Gasteiger partial charge on any atom is -0.485 e. The molecule has 0 saturated heterocycles. The molecule has 0 aliphatic carbocycles. The fourth-order valence-corrected chi connectivity index (χ4v) is 2.47. The number of para-hydroxylation sites is 1. The van der Waals surface area contributed by atoms with Crippen LogP contribution < -0.4 is 9.47 Å². The minimum absolute atomic E-state index is 0.350. The van der Waals surface area contributed by atoms with E-state index in [0.29, 0.717) is 23.7 Å². The predicted molar refractivity (Wildman–Crippen MR) is 160 cm³/mol. The van der Waals surface area contributed by atoms with Crippen molar-refractivity contribution in [2.75, 3.05) is 6.61 Å². The lowest BCUT2D eigenvalue weighted by Crippen LogP contribution is -2.50. The van der Waals surface area contributed by atoms with Crippen molar-refractivity contribution >= 4 is 26.6 Å². The van der Waals surface area contributed by atoms with Crippen LogP contribution in [0.15, 0.2) is 60.7 Å². The first-order valence-electron chi connectivity index (χ1n) is 13.0. The first kappa shape index (κ1) is 41.9. The fraction of sp³-hybridized carbons (Fsp3) is 0.464. The van der Waals surface area contributed by atoms with Gasteiger partial charge in [-0.25, -0.2) is 9.59 Å². The lowest BCUT2D eigenvalue weighted by atomic mass is 9.87. The fourth-order valence-electron chi connectivity index (χ4n) is 2.47. The molecular formula is C28H44B2O13. The van der Waals surface area contributed by atoms with E-state index in [0.717, 1.165) is 0 Å². The Labute approximate surface area is 253 Å². The maximum absolute atomic E-state index is 11.5. The molecule has 43 heavy (non-hydrogen) atoms. The molecule has 0 heterocycles. The van der Waals surface area contributed by atoms with E-state index in [9.17, 15) is 19.8 Å². The van der Waals surface area contributed by atoms with Gasteiger partial charge in [0.15, 0.2) is 5.60 Å². The van der Waals surface area contributed by atoms with E-state index in [4.69, 9.17) is 44.4 Å². The second kappa shape index (κ2) is 19.1. The van der Waals surface area contributed by atoms with E-state index >= 15 is 0 Å². The molecule has 8 N–H and O–H groups in total. The van der Waals surface area contributed by atoms with Gasteiger partial charge in [0.05, 0.1) is 17.8 Å². The summed E-state index contributed by atoms with van der Waals surface area (Å²) < 4.78 is 16.3. The Morgan fingerprint density at radius 1 is 0.744 bits per heavy atom. The first-order chi connectivity index (χ1) is 19.5. The molecule has 0 aliphatic rings. The number of carbonyl (C=O) groups excluding carboxylic acids is 2. The zero-order chi connectivity index (χ0) is 34.1. The second-order valence-electron chi connectivity index (χ2n) is 10.5. The van der Waals surface area contributed by atoms with Crippen LogP contribution in [0.25, 0.3) is 0 Å². The Morgan fingerprint density at radius 2 is 1.16 bits per heavy atom. The lowest BCUT2D eigenvalue weighted by molar-refractivity contribution is -0.0906. The van der Waals surface area contributed by atoms with Crippen molar-refractivity contribution < 1.29 is 64.2 Å². The van der Waals surface area contributed by atoms with Crippen LogP contribution in [-0.2, 0) is 9.53 Å². The van der Waals surface area contributed by atoms with E-state index in [-0.39, 0.29) is 5.97 Å². The third-order valence-electron chi connectivity index (χ3n) is 5.83. The van der Waals surface area contributed by atoms with Gasteiger partial charge in [-0.15, -0.1) is 0 Å². The Morgan fingerprint density at radius 3 is 1.51 bits per heavy atom. The number of aliphatic hydroxyl groups is 2. The van der Waals surface area contributed by atoms with Gasteiger partial charge in [-0.1, -0.05) is 18.2 Å². The molecule has 1 unspecified atom stereocenters. The van der Waals surface area contributed by atoms with Crippen molar-refractivity contribution in [2.45, 2.75) is 77.8 Å². The summed E-state index contributed by atoms with van der Waals surface area (Å²) in [6.07, 6.45) is 1.19. The van der Waals surface area contributed by atoms with Crippen LogP contribution in [0.4, 0.5) is 0 Å². The van der Waals surface area contributed by atoms with Crippen molar-refractivity contribution in [3.63, 3.8) is 0 Å². The van der Waals surface area contributed by atoms with E-state index in [2.05, 4.69) is 0 Å². The van der Waals surface area contributed by atoms with Crippen LogP contribution in [0.3, 0.4) is 0 Å². The molecule has 13 nitrogen and oxygen atoms in total. The number of ether oxygens (including phenoxy) is 3. The third kappa shape index (κ3) is 18.1. The molecule has 0 aromatic heterocycles. The number of rotatable bonds is 9. The zero-order valence-electron chi connectivity index (χ0n) is 25.8. The molecule has 0 amide bonds. The van der Waals surface area contributed by atoms with Gasteiger partial charge in [-0.3, -0.25) is 0 Å². The maximum atomic E-state index is 11.5. The van der Waals surface area contributed by atoms with Crippen molar-refractivity contribution in [1.29, 1.82) is 0 Å². The molecule has 240 valence electrons. The van der Waals surface area contributed by atoms with Crippen LogP contribution >= 0.6 is 0 Å². The molecule has 1 atom stereocenters. The van der Waals surface area contributed by atoms with Crippen LogP contribution in [0, 0.1) is 0 Å². The number of hydrogen-bond donors (Lipinski definition) is 8. The second-order valence-corrected chi connectivity index (χ2v) is 10.5. The number of hydrogen-bond acceptors (Lipinski definition) is 13. The van der Waals surface area contributed by atoms with Gasteiger partial charge in [0.25, 0.3) is 0 Å². The highest BCUT2D eigenvalue weighted by Crippen LogP contribution is 2.29. The van der Waals surface area contributed by atoms with Gasteiger partial charge in [-0.05, 0) is 91.8 Å². The van der Waals surface area contributed by atoms with Gasteiger partial charge in [0.2, 0.25) is 0 Å². The van der Waals surface area contributed by atoms with E-state index in [1.807, 2.05) is 32.0 Å². The van der Waals surface area contributed by atoms with Gasteiger partial charge in [-0.2, -0.15) is 0 Å². The highest BCUT2D eigenvalue weighted by molar-refractivity contribution is 6.30. The average molecular weight is 610 g/mol. The van der Waals surface area contributed by atoms with Gasteiger partial charge >= 0.3 is 20.6 Å². The summed E-state index contributed by atoms with van der Waals surface area (Å²) in [5.74, 6) is 2.52. The van der Waals surface area contributed by atoms with Gasteiger partial charge < -0.3 is 54.6 Å². The van der Waals surface area contributed by atoms with E-state index in [1.165, 1.54) is 6.08 Å². The normalized spacial score (nSPS) is 12.1. The standard InChI is InChI=1S/C15H22O4.C13H16O3.2BH3O3/c1-6-18-13(16)11-7-9-12(10-8-11)19-15(4,5)14(2,3)17;1-12(2,15)13(3,9-10-14)16-11-7-5-4-6-8-11;2*2-1(3)4/h7-10,17H,6H2,1-5H3;4-9,15H,1-3H3;2*2-4H. The summed E-state index contributed by atoms with van der Waals surface area (Å²) in [5, 5.41) is 63.0. The third-order valence-corrected chi connectivity index (χ3v) is 5.83. The highest BCUT2D eigenvalue weighted by Gasteiger charge is 2.40. The maximum Gasteiger partial charge on any atom is 0.631 e. The molecule has 0 saturated carbocycles. The molecule has 2 aromatic carbocycles. The summed E-state index contributed by atoms with van der Waals surface area (Å²) in [5.41, 5.74) is -3.52. The van der Waals surface area contributed by atoms with Crippen molar-refractivity contribution in [2.24, 2.45) is 0 Å². The van der Waals surface area contributed by atoms with Crippen LogP contribution in [0.5, 0.6) is 11.5 Å². The summed E-state index contributed by atoms with van der Waals surface area (Å²) in [4.78, 5) is 22.0. The average Bonchev–Trinajstić information content (AvgIpc) is 2.83. The largest absolute Gasteiger partial charge is 0.631 e. The number of carbonyl (C=O) groups is 1. The number of benzene rings is 2. The molecule has 2 aromatic rings. The Kier molecular flexibility index (Phi) is 18.6. The first-order valence-corrected chi connectivity index (χ1v) is 13.0. The lowest BCUT2D eigenvalue weighted by Gasteiger charge is -2.37. The molecule has 2 rings (SSSR count). The van der Waals surface area contributed by atoms with Gasteiger partial charge in [0.1, 0.15) is 28.6 Å². The molecule has 0 radical (unpaired) electrons. The van der Waals surface area contributed by atoms with Crippen LogP contribution in [0.2, 0.25) is 0 Å². The van der Waals surface area contributed by atoms with Crippen molar-refractivity contribution in [3.05, 3.63) is 66.2 Å². The van der Waals surface area contributed by atoms with Crippen molar-refractivity contribution in [1.82, 2.24) is 0 Å².